The minimum absolute atomic E-state index is 0.230. The molecule has 0 heterocycles. The van der Waals surface area contributed by atoms with Crippen molar-refractivity contribution in [2.24, 2.45) is 0 Å². The number of hydrogen-bond acceptors (Lipinski definition) is 4. The predicted octanol–water partition coefficient (Wildman–Crippen LogP) is 6.50. The summed E-state index contributed by atoms with van der Waals surface area (Å²) < 4.78 is 6.43. The second kappa shape index (κ2) is 11.5. The summed E-state index contributed by atoms with van der Waals surface area (Å²) in [7, 11) is 0. The second-order valence-electron chi connectivity index (χ2n) is 6.82. The molecule has 0 saturated heterocycles. The summed E-state index contributed by atoms with van der Waals surface area (Å²) in [6.45, 7) is 2.76. The number of benzene rings is 3. The Morgan fingerprint density at radius 3 is 2.32 bits per heavy atom. The number of amides is 1. The Hall–Kier alpha value is -2.90. The number of para-hydroxylation sites is 1. The number of halogens is 1. The van der Waals surface area contributed by atoms with Crippen molar-refractivity contribution in [3.8, 4) is 5.75 Å². The number of carbonyl (C=O) groups is 1. The molecule has 0 radical (unpaired) electrons. The average molecular weight is 498 g/mol. The van der Waals surface area contributed by atoms with E-state index in [-0.39, 0.29) is 11.0 Å². The van der Waals surface area contributed by atoms with Crippen molar-refractivity contribution in [2.75, 3.05) is 17.2 Å². The van der Waals surface area contributed by atoms with Crippen LogP contribution in [0.1, 0.15) is 30.1 Å². The number of nitrogens with one attached hydrogen (secondary N) is 3. The van der Waals surface area contributed by atoms with Gasteiger partial charge in [0.05, 0.1) is 11.1 Å². The van der Waals surface area contributed by atoms with Gasteiger partial charge in [-0.1, -0.05) is 31.5 Å². The molecule has 0 aliphatic heterocycles. The van der Waals surface area contributed by atoms with Gasteiger partial charge in [0, 0.05) is 22.6 Å². The third-order valence-corrected chi connectivity index (χ3v) is 5.21. The van der Waals surface area contributed by atoms with Gasteiger partial charge in [-0.3, -0.25) is 10.1 Å². The maximum atomic E-state index is 12.5. The number of carbonyl (C=O) groups excluding carboxylic acids is 1. The van der Waals surface area contributed by atoms with Gasteiger partial charge < -0.3 is 15.4 Å². The Morgan fingerprint density at radius 2 is 1.65 bits per heavy atom. The zero-order chi connectivity index (χ0) is 22.1. The highest BCUT2D eigenvalue weighted by molar-refractivity contribution is 9.10. The summed E-state index contributed by atoms with van der Waals surface area (Å²) in [5, 5.41) is 9.28. The Bertz CT molecular complexity index is 1030. The van der Waals surface area contributed by atoms with Gasteiger partial charge in [-0.05, 0) is 89.2 Å². The molecule has 160 valence electrons. The van der Waals surface area contributed by atoms with E-state index >= 15 is 0 Å². The zero-order valence-electron chi connectivity index (χ0n) is 17.2. The molecule has 7 heteroatoms. The highest BCUT2D eigenvalue weighted by atomic mass is 79.9. The molecule has 1 amide bonds. The van der Waals surface area contributed by atoms with Crippen LogP contribution < -0.4 is 20.7 Å². The Labute approximate surface area is 196 Å². The zero-order valence-corrected chi connectivity index (χ0v) is 19.6. The van der Waals surface area contributed by atoms with E-state index < -0.39 is 0 Å². The minimum Gasteiger partial charge on any atom is -0.492 e. The van der Waals surface area contributed by atoms with Crippen LogP contribution in [-0.2, 0) is 0 Å². The van der Waals surface area contributed by atoms with Gasteiger partial charge >= 0.3 is 0 Å². The summed E-state index contributed by atoms with van der Waals surface area (Å²) in [6, 6.07) is 22.8. The average Bonchev–Trinajstić information content (AvgIpc) is 2.77. The Balaban J connectivity index is 1.53. The third-order valence-electron chi connectivity index (χ3n) is 4.38. The smallest absolute Gasteiger partial charge is 0.257 e. The Kier molecular flexibility index (Phi) is 8.44. The first-order valence-corrected chi connectivity index (χ1v) is 11.2. The first kappa shape index (κ1) is 22.8. The molecule has 5 nitrogen and oxygen atoms in total. The third kappa shape index (κ3) is 7.08. The van der Waals surface area contributed by atoms with Crippen LogP contribution in [0.15, 0.2) is 77.3 Å². The maximum Gasteiger partial charge on any atom is 0.257 e. The lowest BCUT2D eigenvalue weighted by atomic mass is 10.2. The normalized spacial score (nSPS) is 10.3. The van der Waals surface area contributed by atoms with Crippen LogP contribution in [0.3, 0.4) is 0 Å². The van der Waals surface area contributed by atoms with Crippen LogP contribution in [0.2, 0.25) is 0 Å². The standard InChI is InChI=1S/C24H24BrN3O2S/c1-2-3-15-30-22-14-9-17(16-21(22)25)23(29)28-24(31)27-20-12-10-19(11-13-20)26-18-7-5-4-6-8-18/h4-14,16,26H,2-3,15H2,1H3,(H2,27,28,29,31). The highest BCUT2D eigenvalue weighted by Gasteiger charge is 2.11. The van der Waals surface area contributed by atoms with E-state index in [0.717, 1.165) is 40.1 Å². The molecule has 3 rings (SSSR count). The molecule has 31 heavy (non-hydrogen) atoms. The minimum atomic E-state index is -0.291. The lowest BCUT2D eigenvalue weighted by molar-refractivity contribution is 0.0977. The molecule has 3 aromatic rings. The van der Waals surface area contributed by atoms with Gasteiger partial charge in [-0.2, -0.15) is 0 Å². The number of rotatable bonds is 8. The quantitative estimate of drug-likeness (QED) is 0.245. The summed E-state index contributed by atoms with van der Waals surface area (Å²) in [4.78, 5) is 12.5. The predicted molar refractivity (Wildman–Crippen MR) is 134 cm³/mol. The number of unbranched alkanes of at least 4 members (excludes halogenated alkanes) is 1. The van der Waals surface area contributed by atoms with Crippen molar-refractivity contribution >= 4 is 56.2 Å². The van der Waals surface area contributed by atoms with E-state index in [0.29, 0.717) is 12.2 Å². The maximum absolute atomic E-state index is 12.5. The molecule has 0 aliphatic rings. The van der Waals surface area contributed by atoms with Crippen LogP contribution in [0.25, 0.3) is 0 Å². The van der Waals surface area contributed by atoms with Gasteiger partial charge in [0.15, 0.2) is 5.11 Å². The lowest BCUT2D eigenvalue weighted by Crippen LogP contribution is -2.34. The van der Waals surface area contributed by atoms with Gasteiger partial charge in [-0.15, -0.1) is 0 Å². The van der Waals surface area contributed by atoms with E-state index in [1.54, 1.807) is 18.2 Å². The lowest BCUT2D eigenvalue weighted by Gasteiger charge is -2.12. The summed E-state index contributed by atoms with van der Waals surface area (Å²) in [6.07, 6.45) is 2.05. The fraction of sp³-hybridized carbons (Fsp3) is 0.167. The van der Waals surface area contributed by atoms with E-state index in [4.69, 9.17) is 17.0 Å². The van der Waals surface area contributed by atoms with Crippen LogP contribution in [0, 0.1) is 0 Å². The van der Waals surface area contributed by atoms with Gasteiger partial charge in [0.2, 0.25) is 0 Å². The van der Waals surface area contributed by atoms with Crippen LogP contribution in [0.5, 0.6) is 5.75 Å². The van der Waals surface area contributed by atoms with Gasteiger partial charge in [-0.25, -0.2) is 0 Å². The molecule has 0 aliphatic carbocycles. The molecule has 0 saturated carbocycles. The van der Waals surface area contributed by atoms with Crippen molar-refractivity contribution in [1.29, 1.82) is 0 Å². The Morgan fingerprint density at radius 1 is 0.968 bits per heavy atom. The van der Waals surface area contributed by atoms with Crippen LogP contribution in [0.4, 0.5) is 17.1 Å². The molecule has 0 fully saturated rings. The van der Waals surface area contributed by atoms with Crippen molar-refractivity contribution in [3.05, 3.63) is 82.8 Å². The monoisotopic (exact) mass is 497 g/mol. The largest absolute Gasteiger partial charge is 0.492 e. The van der Waals surface area contributed by atoms with Gasteiger partial charge in [0.25, 0.3) is 5.91 Å². The topological polar surface area (TPSA) is 62.4 Å². The molecule has 0 unspecified atom stereocenters. The van der Waals surface area contributed by atoms with E-state index in [9.17, 15) is 4.79 Å². The second-order valence-corrected chi connectivity index (χ2v) is 8.09. The molecule has 0 spiro atoms. The molecule has 0 aromatic heterocycles. The molecule has 3 aromatic carbocycles. The fourth-order valence-electron chi connectivity index (χ4n) is 2.75. The number of hydrogen-bond donors (Lipinski definition) is 3. The van der Waals surface area contributed by atoms with Crippen molar-refractivity contribution in [3.63, 3.8) is 0 Å². The van der Waals surface area contributed by atoms with Crippen molar-refractivity contribution in [2.45, 2.75) is 19.8 Å². The first-order chi connectivity index (χ1) is 15.0. The molecule has 0 bridgehead atoms. The number of thiocarbonyl (C=S) groups is 1. The molecule has 3 N–H and O–H groups in total. The van der Waals surface area contributed by atoms with Crippen molar-refractivity contribution < 1.29 is 9.53 Å². The van der Waals surface area contributed by atoms with Crippen LogP contribution in [-0.4, -0.2) is 17.6 Å². The van der Waals surface area contributed by atoms with Gasteiger partial charge in [0.1, 0.15) is 5.75 Å². The molecular weight excluding hydrogens is 474 g/mol. The van der Waals surface area contributed by atoms with E-state index in [1.807, 2.05) is 54.6 Å². The summed E-state index contributed by atoms with van der Waals surface area (Å²) in [5.41, 5.74) is 3.24. The first-order valence-electron chi connectivity index (χ1n) is 10.0. The SMILES string of the molecule is CCCCOc1ccc(C(=O)NC(=S)Nc2ccc(Nc3ccccc3)cc2)cc1Br. The number of anilines is 3. The summed E-state index contributed by atoms with van der Waals surface area (Å²) >= 11 is 8.74. The van der Waals surface area contributed by atoms with Crippen LogP contribution >= 0.6 is 28.1 Å². The van der Waals surface area contributed by atoms with E-state index in [2.05, 4.69) is 38.8 Å². The summed E-state index contributed by atoms with van der Waals surface area (Å²) in [5.74, 6) is 0.426. The van der Waals surface area contributed by atoms with Crippen molar-refractivity contribution in [1.82, 2.24) is 5.32 Å². The molecule has 0 atom stereocenters. The number of ether oxygens (including phenoxy) is 1. The molecular formula is C24H24BrN3O2S. The van der Waals surface area contributed by atoms with E-state index in [1.165, 1.54) is 0 Å². The fourth-order valence-corrected chi connectivity index (χ4v) is 3.45. The highest BCUT2D eigenvalue weighted by Crippen LogP contribution is 2.26.